The lowest BCUT2D eigenvalue weighted by Crippen LogP contribution is -2.41. The fourth-order valence-corrected chi connectivity index (χ4v) is 2.69. The van der Waals surface area contributed by atoms with Crippen molar-refractivity contribution >= 4 is 7.60 Å². The van der Waals surface area contributed by atoms with Gasteiger partial charge in [0.25, 0.3) is 0 Å². The molecule has 0 aliphatic heterocycles. The molecular formula is C13H31NO3P+. The van der Waals surface area contributed by atoms with Gasteiger partial charge < -0.3 is 14.3 Å². The number of unbranched alkanes of at least 4 members (excludes halogenated alkanes) is 5. The summed E-state index contributed by atoms with van der Waals surface area (Å²) in [6.45, 7) is 4.17. The van der Waals surface area contributed by atoms with E-state index in [4.69, 9.17) is 9.79 Å². The Labute approximate surface area is 112 Å². The average Bonchev–Trinajstić information content (AvgIpc) is 2.21. The third-order valence-electron chi connectivity index (χ3n) is 3.33. The van der Waals surface area contributed by atoms with E-state index in [-0.39, 0.29) is 6.16 Å². The Morgan fingerprint density at radius 3 is 1.94 bits per heavy atom. The lowest BCUT2D eigenvalue weighted by atomic mass is 10.1. The first-order valence-electron chi connectivity index (χ1n) is 7.13. The zero-order valence-electron chi connectivity index (χ0n) is 12.3. The van der Waals surface area contributed by atoms with E-state index >= 15 is 0 Å². The smallest absolute Gasteiger partial charge is 0.325 e. The SMILES string of the molecule is CCCCCCCC[N+](C)(C)CCCP(=O)(O)O. The topological polar surface area (TPSA) is 57.5 Å². The normalized spacial score (nSPS) is 12.9. The summed E-state index contributed by atoms with van der Waals surface area (Å²) in [5.41, 5.74) is 0. The van der Waals surface area contributed by atoms with Crippen LogP contribution in [0.3, 0.4) is 0 Å². The van der Waals surface area contributed by atoms with Gasteiger partial charge in [0.15, 0.2) is 0 Å². The van der Waals surface area contributed by atoms with E-state index in [2.05, 4.69) is 21.0 Å². The molecule has 0 fully saturated rings. The second-order valence-corrected chi connectivity index (χ2v) is 7.67. The Morgan fingerprint density at radius 2 is 1.39 bits per heavy atom. The van der Waals surface area contributed by atoms with E-state index in [0.717, 1.165) is 17.6 Å². The molecule has 0 saturated heterocycles. The second kappa shape index (κ2) is 9.08. The molecule has 0 aromatic heterocycles. The molecule has 0 saturated carbocycles. The van der Waals surface area contributed by atoms with Gasteiger partial charge >= 0.3 is 7.60 Å². The fourth-order valence-electron chi connectivity index (χ4n) is 2.14. The minimum absolute atomic E-state index is 0.0190. The van der Waals surface area contributed by atoms with E-state index in [1.807, 2.05) is 0 Å². The second-order valence-electron chi connectivity index (χ2n) is 5.89. The first-order chi connectivity index (χ1) is 8.27. The van der Waals surface area contributed by atoms with Crippen molar-refractivity contribution in [3.05, 3.63) is 0 Å². The van der Waals surface area contributed by atoms with Crippen LogP contribution in [0, 0.1) is 0 Å². The molecule has 0 aliphatic carbocycles. The molecule has 0 bridgehead atoms. The monoisotopic (exact) mass is 280 g/mol. The van der Waals surface area contributed by atoms with E-state index in [9.17, 15) is 4.57 Å². The van der Waals surface area contributed by atoms with Crippen LogP contribution in [0.1, 0.15) is 51.9 Å². The molecule has 0 radical (unpaired) electrons. The molecule has 0 aromatic carbocycles. The number of hydrogen-bond acceptors (Lipinski definition) is 1. The quantitative estimate of drug-likeness (QED) is 0.347. The van der Waals surface area contributed by atoms with Crippen LogP contribution in [0.15, 0.2) is 0 Å². The first-order valence-corrected chi connectivity index (χ1v) is 8.93. The van der Waals surface area contributed by atoms with E-state index in [1.54, 1.807) is 0 Å². The third kappa shape index (κ3) is 12.6. The summed E-state index contributed by atoms with van der Waals surface area (Å²) < 4.78 is 11.6. The van der Waals surface area contributed by atoms with Gasteiger partial charge in [-0.2, -0.15) is 0 Å². The van der Waals surface area contributed by atoms with Gasteiger partial charge in [-0.3, -0.25) is 4.57 Å². The molecule has 0 heterocycles. The largest absolute Gasteiger partial charge is 0.328 e. The van der Waals surface area contributed by atoms with Crippen molar-refractivity contribution in [1.82, 2.24) is 0 Å². The van der Waals surface area contributed by atoms with Gasteiger partial charge in [-0.25, -0.2) is 0 Å². The van der Waals surface area contributed by atoms with Gasteiger partial charge in [0.1, 0.15) is 0 Å². The van der Waals surface area contributed by atoms with Crippen molar-refractivity contribution in [3.63, 3.8) is 0 Å². The summed E-state index contributed by atoms with van der Waals surface area (Å²) in [7, 11) is 0.483. The molecule has 2 N–H and O–H groups in total. The maximum Gasteiger partial charge on any atom is 0.325 e. The van der Waals surface area contributed by atoms with Gasteiger partial charge in [-0.1, -0.05) is 32.6 Å². The van der Waals surface area contributed by atoms with Crippen LogP contribution in [-0.4, -0.2) is 47.6 Å². The Hall–Kier alpha value is 0.110. The minimum Gasteiger partial charge on any atom is -0.328 e. The number of nitrogens with zero attached hydrogens (tertiary/aromatic N) is 1. The molecule has 5 heteroatoms. The Morgan fingerprint density at radius 1 is 0.889 bits per heavy atom. The molecule has 0 aliphatic rings. The average molecular weight is 280 g/mol. The van der Waals surface area contributed by atoms with Gasteiger partial charge in [0.2, 0.25) is 0 Å². The summed E-state index contributed by atoms with van der Waals surface area (Å²) >= 11 is 0. The zero-order chi connectivity index (χ0) is 14.1. The van der Waals surface area contributed by atoms with Gasteiger partial charge in [0.05, 0.1) is 33.3 Å². The van der Waals surface area contributed by atoms with Crippen LogP contribution in [0.25, 0.3) is 0 Å². The number of quaternary nitrogens is 1. The lowest BCUT2D eigenvalue weighted by molar-refractivity contribution is -0.890. The molecule has 0 amide bonds. The van der Waals surface area contributed by atoms with Crippen LogP contribution in [0.5, 0.6) is 0 Å². The molecule has 18 heavy (non-hydrogen) atoms. The third-order valence-corrected chi connectivity index (χ3v) is 4.23. The van der Waals surface area contributed by atoms with Crippen molar-refractivity contribution in [2.45, 2.75) is 51.9 Å². The minimum atomic E-state index is -3.81. The summed E-state index contributed by atoms with van der Waals surface area (Å²) in [5, 5.41) is 0. The Kier molecular flexibility index (Phi) is 9.14. The highest BCUT2D eigenvalue weighted by Crippen LogP contribution is 2.34. The molecule has 0 aromatic rings. The maximum absolute atomic E-state index is 10.8. The van der Waals surface area contributed by atoms with Gasteiger partial charge in [0, 0.05) is 6.42 Å². The summed E-state index contributed by atoms with van der Waals surface area (Å²) in [6.07, 6.45) is 8.38. The molecule has 0 unspecified atom stereocenters. The predicted molar refractivity (Wildman–Crippen MR) is 76.7 cm³/mol. The zero-order valence-corrected chi connectivity index (χ0v) is 13.2. The van der Waals surface area contributed by atoms with Crippen molar-refractivity contribution in [2.24, 2.45) is 0 Å². The number of hydrogen-bond donors (Lipinski definition) is 2. The van der Waals surface area contributed by atoms with E-state index in [0.29, 0.717) is 6.42 Å². The summed E-state index contributed by atoms with van der Waals surface area (Å²) in [4.78, 5) is 17.6. The lowest BCUT2D eigenvalue weighted by Gasteiger charge is -2.30. The molecule has 4 nitrogen and oxygen atoms in total. The highest BCUT2D eigenvalue weighted by atomic mass is 31.2. The highest BCUT2D eigenvalue weighted by molar-refractivity contribution is 7.51. The van der Waals surface area contributed by atoms with Crippen LogP contribution in [0.4, 0.5) is 0 Å². The summed E-state index contributed by atoms with van der Waals surface area (Å²) in [5.74, 6) is 0. The highest BCUT2D eigenvalue weighted by Gasteiger charge is 2.18. The fraction of sp³-hybridized carbons (Fsp3) is 1.00. The van der Waals surface area contributed by atoms with Gasteiger partial charge in [-0.15, -0.1) is 0 Å². The molecular weight excluding hydrogens is 249 g/mol. The Balaban J connectivity index is 3.58. The van der Waals surface area contributed by atoms with Crippen molar-refractivity contribution in [2.75, 3.05) is 33.3 Å². The van der Waals surface area contributed by atoms with E-state index < -0.39 is 7.60 Å². The molecule has 0 spiro atoms. The molecule has 0 atom stereocenters. The number of rotatable bonds is 11. The van der Waals surface area contributed by atoms with Gasteiger partial charge in [-0.05, 0) is 12.8 Å². The Bertz CT molecular complexity index is 251. The molecule has 110 valence electrons. The van der Waals surface area contributed by atoms with Crippen LogP contribution < -0.4 is 0 Å². The predicted octanol–water partition coefficient (Wildman–Crippen LogP) is 2.99. The standard InChI is InChI=1S/C13H30NO3P/c1-4-5-6-7-8-9-11-14(2,3)12-10-13-18(15,16)17/h4-13H2,1-3H3,(H-,15,16,17)/p+1. The van der Waals surface area contributed by atoms with E-state index in [1.165, 1.54) is 38.5 Å². The van der Waals surface area contributed by atoms with Crippen LogP contribution in [-0.2, 0) is 4.57 Å². The maximum atomic E-state index is 10.8. The van der Waals surface area contributed by atoms with Crippen molar-refractivity contribution < 1.29 is 18.8 Å². The van der Waals surface area contributed by atoms with Crippen LogP contribution >= 0.6 is 7.60 Å². The molecule has 0 rings (SSSR count). The van der Waals surface area contributed by atoms with Crippen molar-refractivity contribution in [3.8, 4) is 0 Å². The first kappa shape index (κ1) is 18.1. The van der Waals surface area contributed by atoms with Crippen molar-refractivity contribution in [1.29, 1.82) is 0 Å². The summed E-state index contributed by atoms with van der Waals surface area (Å²) in [6, 6.07) is 0. The van der Waals surface area contributed by atoms with Crippen LogP contribution in [0.2, 0.25) is 0 Å².